The number of rotatable bonds is 3. The predicted molar refractivity (Wildman–Crippen MR) is 80.8 cm³/mol. The first-order chi connectivity index (χ1) is 10.0. The standard InChI is InChI=1S/C13H17N3O3S2/c1-9-6-7-16(8-11(9)19-2)21(17,18)12-5-3-4-10-13(12)15-20-14-10/h3-5,9,11H,6-8H2,1-2H3/t9-,11+/m1/s1. The van der Waals surface area contributed by atoms with Crippen molar-refractivity contribution in [1.82, 2.24) is 13.1 Å². The molecule has 0 N–H and O–H groups in total. The molecule has 0 spiro atoms. The average Bonchev–Trinajstić information content (AvgIpc) is 2.95. The van der Waals surface area contributed by atoms with Crippen molar-refractivity contribution in [3.8, 4) is 0 Å². The molecular weight excluding hydrogens is 310 g/mol. The van der Waals surface area contributed by atoms with Crippen molar-refractivity contribution in [1.29, 1.82) is 0 Å². The van der Waals surface area contributed by atoms with Crippen LogP contribution in [0.1, 0.15) is 13.3 Å². The van der Waals surface area contributed by atoms with E-state index in [1.165, 1.54) is 4.31 Å². The van der Waals surface area contributed by atoms with Crippen LogP contribution in [-0.2, 0) is 14.8 Å². The van der Waals surface area contributed by atoms with Gasteiger partial charge in [-0.05, 0) is 24.5 Å². The molecule has 1 aliphatic heterocycles. The molecule has 0 aliphatic carbocycles. The number of fused-ring (bicyclic) bond motifs is 1. The number of hydrogen-bond acceptors (Lipinski definition) is 6. The fourth-order valence-electron chi connectivity index (χ4n) is 2.66. The van der Waals surface area contributed by atoms with Crippen LogP contribution in [0.3, 0.4) is 0 Å². The molecule has 0 amide bonds. The normalized spacial score (nSPS) is 24.5. The maximum absolute atomic E-state index is 12.9. The van der Waals surface area contributed by atoms with E-state index >= 15 is 0 Å². The van der Waals surface area contributed by atoms with Crippen LogP contribution in [0.15, 0.2) is 23.1 Å². The van der Waals surface area contributed by atoms with Crippen molar-refractivity contribution in [3.05, 3.63) is 18.2 Å². The van der Waals surface area contributed by atoms with Gasteiger partial charge < -0.3 is 4.74 Å². The van der Waals surface area contributed by atoms with Crippen LogP contribution in [0.2, 0.25) is 0 Å². The van der Waals surface area contributed by atoms with Gasteiger partial charge in [0.25, 0.3) is 0 Å². The number of methoxy groups -OCH3 is 1. The first kappa shape index (κ1) is 14.8. The average molecular weight is 327 g/mol. The lowest BCUT2D eigenvalue weighted by molar-refractivity contribution is 0.0184. The van der Waals surface area contributed by atoms with Gasteiger partial charge in [-0.25, -0.2) is 8.42 Å². The molecule has 114 valence electrons. The zero-order valence-electron chi connectivity index (χ0n) is 11.9. The SMILES string of the molecule is CO[C@H]1CN(S(=O)(=O)c2cccc3nsnc23)CC[C@H]1C. The molecule has 8 heteroatoms. The van der Waals surface area contributed by atoms with Gasteiger partial charge >= 0.3 is 0 Å². The molecule has 0 unspecified atom stereocenters. The van der Waals surface area contributed by atoms with Crippen LogP contribution in [0.4, 0.5) is 0 Å². The Morgan fingerprint density at radius 1 is 1.38 bits per heavy atom. The van der Waals surface area contributed by atoms with Crippen molar-refractivity contribution in [2.75, 3.05) is 20.2 Å². The molecule has 2 aromatic rings. The Balaban J connectivity index is 1.99. The molecule has 1 aromatic carbocycles. The number of sulfonamides is 1. The zero-order valence-corrected chi connectivity index (χ0v) is 13.5. The van der Waals surface area contributed by atoms with Crippen molar-refractivity contribution < 1.29 is 13.2 Å². The summed E-state index contributed by atoms with van der Waals surface area (Å²) in [6.07, 6.45) is 0.726. The number of benzene rings is 1. The van der Waals surface area contributed by atoms with Crippen molar-refractivity contribution in [2.45, 2.75) is 24.3 Å². The minimum absolute atomic E-state index is 0.0683. The Morgan fingerprint density at radius 3 is 2.95 bits per heavy atom. The maximum atomic E-state index is 12.9. The summed E-state index contributed by atoms with van der Waals surface area (Å²) in [4.78, 5) is 0.234. The van der Waals surface area contributed by atoms with Crippen LogP contribution >= 0.6 is 11.7 Å². The minimum atomic E-state index is -3.57. The Kier molecular flexibility index (Phi) is 3.96. The molecule has 1 aliphatic rings. The third-order valence-electron chi connectivity index (χ3n) is 4.02. The van der Waals surface area contributed by atoms with Crippen LogP contribution in [0, 0.1) is 5.92 Å². The van der Waals surface area contributed by atoms with E-state index in [4.69, 9.17) is 4.74 Å². The van der Waals surface area contributed by atoms with Crippen LogP contribution in [0.25, 0.3) is 11.0 Å². The quantitative estimate of drug-likeness (QED) is 0.858. The van der Waals surface area contributed by atoms with Gasteiger partial charge in [-0.3, -0.25) is 0 Å². The molecule has 1 aromatic heterocycles. The topological polar surface area (TPSA) is 72.4 Å². The second kappa shape index (κ2) is 5.60. The third kappa shape index (κ3) is 2.57. The summed E-state index contributed by atoms with van der Waals surface area (Å²) in [5.41, 5.74) is 1.07. The van der Waals surface area contributed by atoms with Gasteiger partial charge in [-0.2, -0.15) is 13.1 Å². The Labute approximate surface area is 128 Å². The molecule has 1 saturated heterocycles. The largest absolute Gasteiger partial charge is 0.380 e. The Hall–Kier alpha value is -1.09. The lowest BCUT2D eigenvalue weighted by Crippen LogP contribution is -2.46. The number of hydrogen-bond donors (Lipinski definition) is 0. The highest BCUT2D eigenvalue weighted by molar-refractivity contribution is 7.89. The van der Waals surface area contributed by atoms with Gasteiger partial charge in [0.15, 0.2) is 0 Å². The fourth-order valence-corrected chi connectivity index (χ4v) is 4.88. The first-order valence-corrected chi connectivity index (χ1v) is 8.95. The summed E-state index contributed by atoms with van der Waals surface area (Å²) >= 11 is 1.03. The van der Waals surface area contributed by atoms with E-state index in [1.807, 2.05) is 0 Å². The minimum Gasteiger partial charge on any atom is -0.380 e. The molecule has 21 heavy (non-hydrogen) atoms. The summed E-state index contributed by atoms with van der Waals surface area (Å²) in [6.45, 7) is 2.98. The van der Waals surface area contributed by atoms with Crippen molar-refractivity contribution in [2.24, 2.45) is 5.92 Å². The fraction of sp³-hybridized carbons (Fsp3) is 0.538. The summed E-state index contributed by atoms with van der Waals surface area (Å²) in [5.74, 6) is 0.359. The number of ether oxygens (including phenoxy) is 1. The van der Waals surface area contributed by atoms with Gasteiger partial charge in [-0.1, -0.05) is 13.0 Å². The smallest absolute Gasteiger partial charge is 0.245 e. The highest BCUT2D eigenvalue weighted by Crippen LogP contribution is 2.28. The maximum Gasteiger partial charge on any atom is 0.245 e. The second-order valence-corrected chi connectivity index (χ2v) is 7.73. The van der Waals surface area contributed by atoms with E-state index in [9.17, 15) is 8.42 Å². The lowest BCUT2D eigenvalue weighted by Gasteiger charge is -2.35. The number of nitrogens with zero attached hydrogens (tertiary/aromatic N) is 3. The second-order valence-electron chi connectivity index (χ2n) is 5.29. The summed E-state index contributed by atoms with van der Waals surface area (Å²) in [7, 11) is -1.94. The summed E-state index contributed by atoms with van der Waals surface area (Å²) < 4.78 is 40.9. The Bertz CT molecular complexity index is 744. The van der Waals surface area contributed by atoms with E-state index in [-0.39, 0.29) is 11.0 Å². The van der Waals surface area contributed by atoms with Crippen LogP contribution in [-0.4, -0.2) is 47.8 Å². The highest BCUT2D eigenvalue weighted by atomic mass is 32.2. The summed E-state index contributed by atoms with van der Waals surface area (Å²) in [6, 6.07) is 5.07. The predicted octanol–water partition coefficient (Wildman–Crippen LogP) is 1.74. The first-order valence-electron chi connectivity index (χ1n) is 6.78. The van der Waals surface area contributed by atoms with Gasteiger partial charge in [0, 0.05) is 20.2 Å². The van der Waals surface area contributed by atoms with E-state index in [0.29, 0.717) is 30.0 Å². The van der Waals surface area contributed by atoms with E-state index in [1.54, 1.807) is 25.3 Å². The molecule has 6 nitrogen and oxygen atoms in total. The summed E-state index contributed by atoms with van der Waals surface area (Å²) in [5, 5.41) is 0. The molecule has 3 rings (SSSR count). The van der Waals surface area contributed by atoms with Crippen molar-refractivity contribution >= 4 is 32.8 Å². The Morgan fingerprint density at radius 2 is 2.19 bits per heavy atom. The zero-order chi connectivity index (χ0) is 15.0. The van der Waals surface area contributed by atoms with E-state index in [2.05, 4.69) is 15.7 Å². The molecular formula is C13H17N3O3S2. The van der Waals surface area contributed by atoms with Gasteiger partial charge in [0.2, 0.25) is 10.0 Å². The monoisotopic (exact) mass is 327 g/mol. The third-order valence-corrected chi connectivity index (χ3v) is 6.46. The van der Waals surface area contributed by atoms with Gasteiger partial charge in [0.1, 0.15) is 15.9 Å². The van der Waals surface area contributed by atoms with E-state index in [0.717, 1.165) is 18.1 Å². The highest BCUT2D eigenvalue weighted by Gasteiger charge is 2.35. The van der Waals surface area contributed by atoms with Crippen molar-refractivity contribution in [3.63, 3.8) is 0 Å². The molecule has 2 atom stereocenters. The molecule has 1 fully saturated rings. The van der Waals surface area contributed by atoms with Crippen LogP contribution < -0.4 is 0 Å². The number of piperidine rings is 1. The molecule has 0 radical (unpaired) electrons. The van der Waals surface area contributed by atoms with Gasteiger partial charge in [-0.15, -0.1) is 0 Å². The molecule has 0 bridgehead atoms. The lowest BCUT2D eigenvalue weighted by atomic mass is 9.97. The number of aromatic nitrogens is 2. The van der Waals surface area contributed by atoms with Crippen LogP contribution in [0.5, 0.6) is 0 Å². The van der Waals surface area contributed by atoms with E-state index < -0.39 is 10.0 Å². The molecule has 2 heterocycles. The molecule has 0 saturated carbocycles. The van der Waals surface area contributed by atoms with Gasteiger partial charge in [0.05, 0.1) is 17.8 Å².